The van der Waals surface area contributed by atoms with E-state index >= 15 is 0 Å². The fourth-order valence-corrected chi connectivity index (χ4v) is 4.18. The van der Waals surface area contributed by atoms with Crippen LogP contribution in [-0.2, 0) is 22.4 Å². The van der Waals surface area contributed by atoms with Crippen LogP contribution < -0.4 is 11.1 Å². The standard InChI is InChI=1S/C18H23N3O2S.ClH/c1-23-14(11-19)10-17(22)21-18-20-15-8-7-13(9-16(15)24-18)12-5-3-2-4-6-12;/h2-6,13-14H,7-11,19H2,1H3,(H,20,21,22);1H. The van der Waals surface area contributed by atoms with Gasteiger partial charge in [-0.1, -0.05) is 30.3 Å². The van der Waals surface area contributed by atoms with Gasteiger partial charge >= 0.3 is 0 Å². The van der Waals surface area contributed by atoms with Gasteiger partial charge in [-0.3, -0.25) is 4.79 Å². The van der Waals surface area contributed by atoms with Crippen molar-refractivity contribution in [1.29, 1.82) is 0 Å². The van der Waals surface area contributed by atoms with Gasteiger partial charge in [0.25, 0.3) is 0 Å². The Kier molecular flexibility index (Phi) is 7.38. The Balaban J connectivity index is 0.00000225. The molecule has 0 saturated heterocycles. The molecular formula is C18H24ClN3O2S. The van der Waals surface area contributed by atoms with Crippen molar-refractivity contribution in [1.82, 2.24) is 4.98 Å². The van der Waals surface area contributed by atoms with Crippen LogP contribution in [0.15, 0.2) is 30.3 Å². The fraction of sp³-hybridized carbons (Fsp3) is 0.444. The van der Waals surface area contributed by atoms with Gasteiger partial charge in [0.1, 0.15) is 0 Å². The van der Waals surface area contributed by atoms with Gasteiger partial charge in [0.05, 0.1) is 18.2 Å². The number of hydrogen-bond acceptors (Lipinski definition) is 5. The number of aromatic nitrogens is 1. The third kappa shape index (κ3) is 5.01. The lowest BCUT2D eigenvalue weighted by molar-refractivity contribution is -0.118. The zero-order valence-electron chi connectivity index (χ0n) is 14.2. The van der Waals surface area contributed by atoms with E-state index in [2.05, 4.69) is 34.6 Å². The summed E-state index contributed by atoms with van der Waals surface area (Å²) in [6.07, 6.45) is 3.07. The third-order valence-electron chi connectivity index (χ3n) is 4.47. The van der Waals surface area contributed by atoms with E-state index in [0.717, 1.165) is 25.0 Å². The van der Waals surface area contributed by atoms with Gasteiger partial charge in [-0.15, -0.1) is 23.7 Å². The molecule has 1 aliphatic carbocycles. The smallest absolute Gasteiger partial charge is 0.228 e. The van der Waals surface area contributed by atoms with Crippen LogP contribution in [0.4, 0.5) is 5.13 Å². The van der Waals surface area contributed by atoms with Crippen LogP contribution in [0.1, 0.15) is 34.9 Å². The number of methoxy groups -OCH3 is 1. The van der Waals surface area contributed by atoms with Crippen LogP contribution >= 0.6 is 23.7 Å². The second-order valence-electron chi connectivity index (χ2n) is 6.09. The van der Waals surface area contributed by atoms with Crippen molar-refractivity contribution in [3.63, 3.8) is 0 Å². The molecular weight excluding hydrogens is 358 g/mol. The van der Waals surface area contributed by atoms with Gasteiger partial charge in [-0.25, -0.2) is 4.98 Å². The van der Waals surface area contributed by atoms with Gasteiger partial charge in [-0.2, -0.15) is 0 Å². The number of benzene rings is 1. The molecule has 1 aromatic carbocycles. The van der Waals surface area contributed by atoms with Crippen molar-refractivity contribution in [2.45, 2.75) is 37.7 Å². The lowest BCUT2D eigenvalue weighted by Gasteiger charge is -2.21. The summed E-state index contributed by atoms with van der Waals surface area (Å²) < 4.78 is 5.15. The van der Waals surface area contributed by atoms with Gasteiger partial charge < -0.3 is 15.8 Å². The Morgan fingerprint density at radius 2 is 2.20 bits per heavy atom. The molecule has 0 spiro atoms. The summed E-state index contributed by atoms with van der Waals surface area (Å²) in [5.41, 5.74) is 8.07. The first-order valence-corrected chi connectivity index (χ1v) is 9.07. The molecule has 1 amide bonds. The lowest BCUT2D eigenvalue weighted by atomic mass is 9.85. The average Bonchev–Trinajstić information content (AvgIpc) is 3.01. The molecule has 2 atom stereocenters. The maximum atomic E-state index is 12.1. The minimum atomic E-state index is -0.248. The Morgan fingerprint density at radius 3 is 2.88 bits per heavy atom. The topological polar surface area (TPSA) is 77.2 Å². The number of carbonyl (C=O) groups excluding carboxylic acids is 1. The molecule has 136 valence electrons. The SMILES string of the molecule is COC(CN)CC(=O)Nc1nc2c(s1)CC(c1ccccc1)CC2.Cl. The summed E-state index contributed by atoms with van der Waals surface area (Å²) in [6, 6.07) is 10.6. The molecule has 0 aliphatic heterocycles. The molecule has 5 nitrogen and oxygen atoms in total. The molecule has 3 N–H and O–H groups in total. The van der Waals surface area contributed by atoms with Crippen molar-refractivity contribution in [3.05, 3.63) is 46.5 Å². The van der Waals surface area contributed by atoms with Gasteiger partial charge in [0.15, 0.2) is 5.13 Å². The molecule has 0 fully saturated rings. The molecule has 0 bridgehead atoms. The van der Waals surface area contributed by atoms with E-state index in [1.165, 1.54) is 10.4 Å². The van der Waals surface area contributed by atoms with E-state index < -0.39 is 0 Å². The second kappa shape index (κ2) is 9.29. The summed E-state index contributed by atoms with van der Waals surface area (Å²) >= 11 is 1.59. The van der Waals surface area contributed by atoms with Crippen molar-refractivity contribution >= 4 is 34.8 Å². The van der Waals surface area contributed by atoms with Crippen molar-refractivity contribution in [2.24, 2.45) is 5.73 Å². The third-order valence-corrected chi connectivity index (χ3v) is 5.50. The number of ether oxygens (including phenoxy) is 1. The Bertz CT molecular complexity index is 689. The zero-order valence-corrected chi connectivity index (χ0v) is 15.9. The lowest BCUT2D eigenvalue weighted by Crippen LogP contribution is -2.28. The number of halogens is 1. The number of fused-ring (bicyclic) bond motifs is 1. The van der Waals surface area contributed by atoms with Crippen molar-refractivity contribution < 1.29 is 9.53 Å². The normalized spacial score (nSPS) is 17.3. The Morgan fingerprint density at radius 1 is 1.44 bits per heavy atom. The fourth-order valence-electron chi connectivity index (χ4n) is 3.08. The molecule has 2 aromatic rings. The Labute approximate surface area is 158 Å². The van der Waals surface area contributed by atoms with E-state index in [-0.39, 0.29) is 30.8 Å². The van der Waals surface area contributed by atoms with Gasteiger partial charge in [0, 0.05) is 18.5 Å². The van der Waals surface area contributed by atoms with Crippen molar-refractivity contribution in [2.75, 3.05) is 19.0 Å². The van der Waals surface area contributed by atoms with E-state index in [0.29, 0.717) is 17.6 Å². The highest BCUT2D eigenvalue weighted by Gasteiger charge is 2.24. The molecule has 3 rings (SSSR count). The number of thiazole rings is 1. The first kappa shape index (κ1) is 19.8. The first-order valence-electron chi connectivity index (χ1n) is 8.25. The summed E-state index contributed by atoms with van der Waals surface area (Å²) in [6.45, 7) is 0.330. The predicted molar refractivity (Wildman–Crippen MR) is 104 cm³/mol. The summed E-state index contributed by atoms with van der Waals surface area (Å²) in [7, 11) is 1.57. The Hall–Kier alpha value is -1.47. The maximum Gasteiger partial charge on any atom is 0.228 e. The monoisotopic (exact) mass is 381 g/mol. The van der Waals surface area contributed by atoms with Crippen LogP contribution in [0.2, 0.25) is 0 Å². The number of nitrogens with one attached hydrogen (secondary N) is 1. The van der Waals surface area contributed by atoms with Gasteiger partial charge in [-0.05, 0) is 30.7 Å². The van der Waals surface area contributed by atoms with Crippen LogP contribution in [0.5, 0.6) is 0 Å². The molecule has 0 radical (unpaired) electrons. The summed E-state index contributed by atoms with van der Waals surface area (Å²) in [4.78, 5) is 17.9. The van der Waals surface area contributed by atoms with Crippen molar-refractivity contribution in [3.8, 4) is 0 Å². The second-order valence-corrected chi connectivity index (χ2v) is 7.17. The molecule has 1 aromatic heterocycles. The molecule has 7 heteroatoms. The molecule has 2 unspecified atom stereocenters. The summed E-state index contributed by atoms with van der Waals surface area (Å²) in [5.74, 6) is 0.441. The van der Waals surface area contributed by atoms with E-state index in [4.69, 9.17) is 10.5 Å². The number of aryl methyl sites for hydroxylation is 1. The number of anilines is 1. The van der Waals surface area contributed by atoms with Crippen LogP contribution in [0, 0.1) is 0 Å². The maximum absolute atomic E-state index is 12.1. The quantitative estimate of drug-likeness (QED) is 0.805. The van der Waals surface area contributed by atoms with E-state index in [9.17, 15) is 4.79 Å². The van der Waals surface area contributed by atoms with E-state index in [1.807, 2.05) is 6.07 Å². The minimum absolute atomic E-state index is 0. The predicted octanol–water partition coefficient (Wildman–Crippen LogP) is 3.14. The number of carbonyl (C=O) groups is 1. The number of amides is 1. The zero-order chi connectivity index (χ0) is 16.9. The van der Waals surface area contributed by atoms with Crippen LogP contribution in [0.3, 0.4) is 0 Å². The highest BCUT2D eigenvalue weighted by Crippen LogP contribution is 2.36. The molecule has 1 heterocycles. The van der Waals surface area contributed by atoms with Crippen LogP contribution in [-0.4, -0.2) is 30.6 Å². The number of rotatable bonds is 6. The first-order chi connectivity index (χ1) is 11.7. The average molecular weight is 382 g/mol. The summed E-state index contributed by atoms with van der Waals surface area (Å²) in [5, 5.41) is 3.57. The number of nitrogens with zero attached hydrogens (tertiary/aromatic N) is 1. The van der Waals surface area contributed by atoms with Crippen LogP contribution in [0.25, 0.3) is 0 Å². The highest BCUT2D eigenvalue weighted by molar-refractivity contribution is 7.15. The number of hydrogen-bond donors (Lipinski definition) is 2. The molecule has 1 aliphatic rings. The van der Waals surface area contributed by atoms with Gasteiger partial charge in [0.2, 0.25) is 5.91 Å². The molecule has 0 saturated carbocycles. The minimum Gasteiger partial charge on any atom is -0.380 e. The number of nitrogens with two attached hydrogens (primary N) is 1. The largest absolute Gasteiger partial charge is 0.380 e. The molecule has 25 heavy (non-hydrogen) atoms. The highest BCUT2D eigenvalue weighted by atomic mass is 35.5. The van der Waals surface area contributed by atoms with E-state index in [1.54, 1.807) is 18.4 Å².